The van der Waals surface area contributed by atoms with Crippen molar-refractivity contribution in [1.29, 1.82) is 0 Å². The van der Waals surface area contributed by atoms with Gasteiger partial charge in [-0.2, -0.15) is 0 Å². The Hall–Kier alpha value is -0.510. The monoisotopic (exact) mass is 277 g/mol. The van der Waals surface area contributed by atoms with E-state index < -0.39 is 5.41 Å². The average molecular weight is 278 g/mol. The van der Waals surface area contributed by atoms with E-state index in [9.17, 15) is 4.79 Å². The smallest absolute Gasteiger partial charge is 0.229 e. The minimum absolute atomic E-state index is 0.0359. The van der Waals surface area contributed by atoms with Crippen molar-refractivity contribution in [2.45, 2.75) is 20.8 Å². The minimum atomic E-state index is -0.423. The number of thiophene rings is 1. The Labute approximate surface area is 109 Å². The number of amides is 1. The van der Waals surface area contributed by atoms with Crippen LogP contribution in [0.2, 0.25) is 0 Å². The van der Waals surface area contributed by atoms with Gasteiger partial charge < -0.3 is 5.32 Å². The molecule has 88 valence electrons. The summed E-state index contributed by atoms with van der Waals surface area (Å²) in [6, 6.07) is 1.83. The molecule has 0 bridgehead atoms. The van der Waals surface area contributed by atoms with Crippen LogP contribution >= 0.6 is 34.5 Å². The quantitative estimate of drug-likeness (QED) is 0.847. The predicted octanol–water partition coefficient (Wildman–Crippen LogP) is 4.51. The number of hydrogen-bond donors (Lipinski definition) is 1. The van der Waals surface area contributed by atoms with Gasteiger partial charge in [0.2, 0.25) is 5.91 Å². The Morgan fingerprint density at radius 1 is 1.44 bits per heavy atom. The molecule has 0 saturated carbocycles. The predicted molar refractivity (Wildman–Crippen MR) is 72.1 cm³/mol. The summed E-state index contributed by atoms with van der Waals surface area (Å²) in [5.41, 5.74) is 0.317. The molecule has 16 heavy (non-hydrogen) atoms. The normalized spacial score (nSPS) is 11.1. The molecule has 1 aromatic rings. The van der Waals surface area contributed by atoms with Crippen molar-refractivity contribution in [2.75, 3.05) is 5.32 Å². The summed E-state index contributed by atoms with van der Waals surface area (Å²) in [5.74, 6) is -0.0359. The fourth-order valence-electron chi connectivity index (χ4n) is 0.945. The van der Waals surface area contributed by atoms with Crippen LogP contribution in [0.1, 0.15) is 25.6 Å². The largest absolute Gasteiger partial charge is 0.324 e. The molecule has 0 unspecified atom stereocenters. The molecule has 2 nitrogen and oxygen atoms in total. The fourth-order valence-corrected chi connectivity index (χ4v) is 2.08. The van der Waals surface area contributed by atoms with Crippen molar-refractivity contribution >= 4 is 52.2 Å². The Kier molecular flexibility index (Phi) is 4.42. The number of carbonyl (C=O) groups is 1. The van der Waals surface area contributed by atoms with Crippen molar-refractivity contribution in [3.05, 3.63) is 20.8 Å². The SMILES string of the molecule is CC(C)(C)C(=O)Nc1ccsc1C=C(Cl)Cl. The van der Waals surface area contributed by atoms with Crippen molar-refractivity contribution in [1.82, 2.24) is 0 Å². The maximum absolute atomic E-state index is 11.8. The van der Waals surface area contributed by atoms with Gasteiger partial charge >= 0.3 is 0 Å². The first kappa shape index (κ1) is 13.6. The van der Waals surface area contributed by atoms with E-state index in [4.69, 9.17) is 23.2 Å². The highest BCUT2D eigenvalue weighted by Gasteiger charge is 2.22. The van der Waals surface area contributed by atoms with Crippen LogP contribution in [0.5, 0.6) is 0 Å². The van der Waals surface area contributed by atoms with Crippen LogP contribution in [0, 0.1) is 5.41 Å². The Balaban J connectivity index is 2.87. The molecule has 0 aliphatic carbocycles. The summed E-state index contributed by atoms with van der Waals surface area (Å²) >= 11 is 12.6. The molecule has 5 heteroatoms. The second kappa shape index (κ2) is 5.21. The Morgan fingerprint density at radius 3 is 2.56 bits per heavy atom. The summed E-state index contributed by atoms with van der Waals surface area (Å²) in [4.78, 5) is 12.6. The van der Waals surface area contributed by atoms with Crippen LogP contribution < -0.4 is 5.32 Å². The zero-order valence-corrected chi connectivity index (χ0v) is 11.6. The third-order valence-electron chi connectivity index (χ3n) is 1.86. The maximum Gasteiger partial charge on any atom is 0.229 e. The third kappa shape index (κ3) is 3.81. The van der Waals surface area contributed by atoms with E-state index in [2.05, 4.69) is 5.32 Å². The van der Waals surface area contributed by atoms with Crippen LogP contribution in [-0.2, 0) is 4.79 Å². The van der Waals surface area contributed by atoms with Gasteiger partial charge in [-0.25, -0.2) is 0 Å². The van der Waals surface area contributed by atoms with E-state index in [1.165, 1.54) is 11.3 Å². The zero-order valence-electron chi connectivity index (χ0n) is 9.30. The molecule has 1 N–H and O–H groups in total. The first-order valence-corrected chi connectivity index (χ1v) is 6.36. The van der Waals surface area contributed by atoms with Gasteiger partial charge in [-0.15, -0.1) is 11.3 Å². The van der Waals surface area contributed by atoms with Gasteiger partial charge in [0.1, 0.15) is 4.49 Å². The molecule has 0 fully saturated rings. The lowest BCUT2D eigenvalue weighted by Crippen LogP contribution is -2.27. The molecule has 0 atom stereocenters. The summed E-state index contributed by atoms with van der Waals surface area (Å²) in [5, 5.41) is 4.72. The van der Waals surface area contributed by atoms with Crippen LogP contribution in [-0.4, -0.2) is 5.91 Å². The first-order valence-electron chi connectivity index (χ1n) is 4.72. The van der Waals surface area contributed by atoms with Gasteiger partial charge in [0.25, 0.3) is 0 Å². The highest BCUT2D eigenvalue weighted by molar-refractivity contribution is 7.11. The van der Waals surface area contributed by atoms with Crippen molar-refractivity contribution in [3.63, 3.8) is 0 Å². The molecule has 0 spiro atoms. The van der Waals surface area contributed by atoms with E-state index >= 15 is 0 Å². The van der Waals surface area contributed by atoms with Crippen LogP contribution in [0.25, 0.3) is 6.08 Å². The number of hydrogen-bond acceptors (Lipinski definition) is 2. The number of nitrogens with one attached hydrogen (secondary N) is 1. The van der Waals surface area contributed by atoms with Crippen molar-refractivity contribution in [3.8, 4) is 0 Å². The highest BCUT2D eigenvalue weighted by atomic mass is 35.5. The zero-order chi connectivity index (χ0) is 12.3. The van der Waals surface area contributed by atoms with Crippen LogP contribution in [0.4, 0.5) is 5.69 Å². The molecule has 0 aliphatic heterocycles. The van der Waals surface area contributed by atoms with E-state index in [0.717, 1.165) is 10.6 Å². The van der Waals surface area contributed by atoms with Gasteiger partial charge in [-0.3, -0.25) is 4.79 Å². The summed E-state index contributed by atoms with van der Waals surface area (Å²) in [6.07, 6.45) is 1.62. The molecule has 0 aliphatic rings. The molecular weight excluding hydrogens is 265 g/mol. The lowest BCUT2D eigenvalue weighted by molar-refractivity contribution is -0.123. The molecule has 1 aromatic heterocycles. The number of anilines is 1. The third-order valence-corrected chi connectivity index (χ3v) is 2.95. The molecule has 0 saturated heterocycles. The van der Waals surface area contributed by atoms with Gasteiger partial charge in [0.05, 0.1) is 10.6 Å². The molecule has 1 heterocycles. The van der Waals surface area contributed by atoms with Gasteiger partial charge in [0, 0.05) is 5.41 Å². The Morgan fingerprint density at radius 2 is 2.06 bits per heavy atom. The fraction of sp³-hybridized carbons (Fsp3) is 0.364. The van der Waals surface area contributed by atoms with E-state index in [0.29, 0.717) is 0 Å². The molecule has 1 rings (SSSR count). The second-order valence-electron chi connectivity index (χ2n) is 4.34. The second-order valence-corrected chi connectivity index (χ2v) is 6.29. The molecular formula is C11H13Cl2NOS. The lowest BCUT2D eigenvalue weighted by Gasteiger charge is -2.17. The number of rotatable bonds is 2. The topological polar surface area (TPSA) is 29.1 Å². The maximum atomic E-state index is 11.8. The highest BCUT2D eigenvalue weighted by Crippen LogP contribution is 2.28. The standard InChI is InChI=1S/C11H13Cl2NOS/c1-11(2,3)10(15)14-7-4-5-16-8(7)6-9(12)13/h4-6H,1-3H3,(H,14,15). The van der Waals surface area contributed by atoms with Crippen molar-refractivity contribution in [2.24, 2.45) is 5.41 Å². The van der Waals surface area contributed by atoms with Crippen molar-refractivity contribution < 1.29 is 4.79 Å². The first-order chi connectivity index (χ1) is 7.30. The number of carbonyl (C=O) groups excluding carboxylic acids is 1. The van der Waals surface area contributed by atoms with Crippen LogP contribution in [0.15, 0.2) is 15.9 Å². The molecule has 0 aromatic carbocycles. The van der Waals surface area contributed by atoms with E-state index in [1.807, 2.05) is 32.2 Å². The summed E-state index contributed by atoms with van der Waals surface area (Å²) in [7, 11) is 0. The van der Waals surface area contributed by atoms with E-state index in [-0.39, 0.29) is 10.4 Å². The van der Waals surface area contributed by atoms with Gasteiger partial charge in [-0.05, 0) is 17.5 Å². The Bertz CT molecular complexity index is 414. The number of halogens is 2. The average Bonchev–Trinajstić information content (AvgIpc) is 2.50. The molecule has 1 amide bonds. The summed E-state index contributed by atoms with van der Waals surface area (Å²) in [6.45, 7) is 5.58. The summed E-state index contributed by atoms with van der Waals surface area (Å²) < 4.78 is 0.175. The van der Waals surface area contributed by atoms with Gasteiger partial charge in [-0.1, -0.05) is 44.0 Å². The molecule has 0 radical (unpaired) electrons. The van der Waals surface area contributed by atoms with Gasteiger partial charge in [0.15, 0.2) is 0 Å². The van der Waals surface area contributed by atoms with E-state index in [1.54, 1.807) is 6.08 Å². The minimum Gasteiger partial charge on any atom is -0.324 e. The lowest BCUT2D eigenvalue weighted by atomic mass is 9.95. The van der Waals surface area contributed by atoms with Crippen LogP contribution in [0.3, 0.4) is 0 Å².